The molecule has 0 aliphatic carbocycles. The molecule has 0 spiro atoms. The van der Waals surface area contributed by atoms with Gasteiger partial charge in [-0.1, -0.05) is 13.3 Å². The third-order valence-electron chi connectivity index (χ3n) is 5.84. The molecular weight excluding hydrogens is 474 g/mol. The molecule has 10 heteroatoms. The van der Waals surface area contributed by atoms with Crippen molar-refractivity contribution in [2.75, 3.05) is 11.9 Å². The average Bonchev–Trinajstić information content (AvgIpc) is 3.37. The summed E-state index contributed by atoms with van der Waals surface area (Å²) in [4.78, 5) is 36.9. The largest absolute Gasteiger partial charge is 0.461 e. The summed E-state index contributed by atoms with van der Waals surface area (Å²) < 4.78 is 33.5. The van der Waals surface area contributed by atoms with Crippen molar-refractivity contribution in [3.05, 3.63) is 28.5 Å². The van der Waals surface area contributed by atoms with Crippen LogP contribution in [0.3, 0.4) is 0 Å². The van der Waals surface area contributed by atoms with Crippen LogP contribution in [0.25, 0.3) is 10.4 Å². The fourth-order valence-corrected chi connectivity index (χ4v) is 5.38. The zero-order valence-corrected chi connectivity index (χ0v) is 22.0. The van der Waals surface area contributed by atoms with E-state index in [4.69, 9.17) is 4.74 Å². The fourth-order valence-electron chi connectivity index (χ4n) is 4.40. The Morgan fingerprint density at radius 3 is 2.60 bits per heavy atom. The summed E-state index contributed by atoms with van der Waals surface area (Å²) in [5.41, 5.74) is -0.570. The van der Waals surface area contributed by atoms with E-state index in [1.165, 1.54) is 12.3 Å². The molecule has 7 nitrogen and oxygen atoms in total. The van der Waals surface area contributed by atoms with Crippen molar-refractivity contribution in [2.45, 2.75) is 91.3 Å². The quantitative estimate of drug-likeness (QED) is 0.420. The predicted molar refractivity (Wildman–Crippen MR) is 133 cm³/mol. The molecule has 35 heavy (non-hydrogen) atoms. The third-order valence-corrected chi connectivity index (χ3v) is 6.91. The number of hydrogen-bond acceptors (Lipinski definition) is 7. The second-order valence-electron chi connectivity index (χ2n) is 9.83. The second-order valence-corrected chi connectivity index (χ2v) is 10.8. The molecule has 2 unspecified atom stereocenters. The summed E-state index contributed by atoms with van der Waals surface area (Å²) in [6.07, 6.45) is 2.01. The Morgan fingerprint density at radius 2 is 2.00 bits per heavy atom. The van der Waals surface area contributed by atoms with Crippen molar-refractivity contribution >= 4 is 29.0 Å². The summed E-state index contributed by atoms with van der Waals surface area (Å²) in [5, 5.41) is 3.06. The topological polar surface area (TPSA) is 84.4 Å². The summed E-state index contributed by atoms with van der Waals surface area (Å²) >= 11 is 0.887. The number of pyridine rings is 1. The minimum Gasteiger partial charge on any atom is -0.461 e. The first-order valence-corrected chi connectivity index (χ1v) is 12.9. The number of rotatable bonds is 8. The number of amides is 1. The Morgan fingerprint density at radius 1 is 1.29 bits per heavy atom. The van der Waals surface area contributed by atoms with Crippen molar-refractivity contribution in [3.63, 3.8) is 0 Å². The molecule has 0 bridgehead atoms. The molecule has 3 heterocycles. The van der Waals surface area contributed by atoms with Gasteiger partial charge in [-0.25, -0.2) is 23.5 Å². The van der Waals surface area contributed by atoms with Crippen LogP contribution in [-0.2, 0) is 4.74 Å². The van der Waals surface area contributed by atoms with Crippen LogP contribution in [0, 0.1) is 0 Å². The van der Waals surface area contributed by atoms with Crippen LogP contribution in [0.2, 0.25) is 0 Å². The van der Waals surface area contributed by atoms with E-state index in [0.717, 1.165) is 37.0 Å². The Balaban J connectivity index is 2.14. The number of ether oxygens (including phenoxy) is 1. The van der Waals surface area contributed by atoms with Crippen LogP contribution in [0.1, 0.15) is 99.5 Å². The minimum absolute atomic E-state index is 0.00635. The smallest absolute Gasteiger partial charge is 0.367 e. The van der Waals surface area contributed by atoms with Crippen LogP contribution in [-0.4, -0.2) is 51.0 Å². The summed E-state index contributed by atoms with van der Waals surface area (Å²) in [6, 6.07) is 1.33. The Labute approximate surface area is 209 Å². The molecule has 192 valence electrons. The van der Waals surface area contributed by atoms with Crippen LogP contribution in [0.5, 0.6) is 0 Å². The van der Waals surface area contributed by atoms with E-state index in [0.29, 0.717) is 5.82 Å². The molecule has 2 atom stereocenters. The van der Waals surface area contributed by atoms with Gasteiger partial charge in [-0.2, -0.15) is 0 Å². The number of alkyl halides is 2. The second kappa shape index (κ2) is 11.0. The van der Waals surface area contributed by atoms with Crippen LogP contribution in [0.4, 0.5) is 14.6 Å². The lowest BCUT2D eigenvalue weighted by molar-refractivity contribution is 0.0525. The molecule has 1 aliphatic rings. The number of aromatic nitrogens is 2. The first kappa shape index (κ1) is 27.0. The number of esters is 1. The molecule has 1 amide bonds. The van der Waals surface area contributed by atoms with Gasteiger partial charge >= 0.3 is 5.97 Å². The van der Waals surface area contributed by atoms with Crippen molar-refractivity contribution in [1.82, 2.24) is 14.9 Å². The fraction of sp³-hybridized carbons (Fsp3) is 0.600. The van der Waals surface area contributed by atoms with Crippen molar-refractivity contribution in [3.8, 4) is 10.4 Å². The number of carbonyl (C=O) groups excluding carboxylic acids is 2. The predicted octanol–water partition coefficient (Wildman–Crippen LogP) is 6.32. The molecule has 1 aliphatic heterocycles. The monoisotopic (exact) mass is 508 g/mol. The molecular formula is C25H34F2N4O3S. The van der Waals surface area contributed by atoms with Gasteiger partial charge < -0.3 is 15.0 Å². The van der Waals surface area contributed by atoms with E-state index in [9.17, 15) is 18.4 Å². The number of carbonyl (C=O) groups is 2. The lowest BCUT2D eigenvalue weighted by Gasteiger charge is -2.28. The summed E-state index contributed by atoms with van der Waals surface area (Å²) in [6.45, 7) is 11.5. The van der Waals surface area contributed by atoms with Gasteiger partial charge in [-0.05, 0) is 59.9 Å². The van der Waals surface area contributed by atoms with Crippen molar-refractivity contribution in [2.24, 2.45) is 0 Å². The van der Waals surface area contributed by atoms with Gasteiger partial charge in [-0.3, -0.25) is 4.79 Å². The maximum absolute atomic E-state index is 14.2. The molecule has 1 fully saturated rings. The van der Waals surface area contributed by atoms with E-state index in [2.05, 4.69) is 22.2 Å². The van der Waals surface area contributed by atoms with Gasteiger partial charge in [0.25, 0.3) is 12.3 Å². The van der Waals surface area contributed by atoms with E-state index in [1.807, 2.05) is 27.7 Å². The number of hydrogen-bond donors (Lipinski definition) is 1. The Kier molecular flexibility index (Phi) is 8.46. The van der Waals surface area contributed by atoms with E-state index in [-0.39, 0.29) is 56.8 Å². The van der Waals surface area contributed by atoms with E-state index < -0.39 is 12.4 Å². The lowest BCUT2D eigenvalue weighted by Crippen LogP contribution is -2.40. The molecule has 0 aromatic carbocycles. The lowest BCUT2D eigenvalue weighted by atomic mass is 10.1. The summed E-state index contributed by atoms with van der Waals surface area (Å²) in [7, 11) is 0. The molecule has 1 N–H and O–H groups in total. The SMILES string of the molecule is CCCC1CCC(C)N1C(=O)c1nc(C(=O)OCC)sc1-c1cnc(NC(C)(C)C)cc1C(F)F. The van der Waals surface area contributed by atoms with E-state index in [1.54, 1.807) is 11.8 Å². The van der Waals surface area contributed by atoms with Crippen LogP contribution in [0.15, 0.2) is 12.3 Å². The van der Waals surface area contributed by atoms with Crippen molar-refractivity contribution < 1.29 is 23.1 Å². The molecule has 1 saturated heterocycles. The zero-order valence-electron chi connectivity index (χ0n) is 21.2. The first-order valence-electron chi connectivity index (χ1n) is 12.0. The van der Waals surface area contributed by atoms with Crippen LogP contribution >= 0.6 is 11.3 Å². The van der Waals surface area contributed by atoms with Gasteiger partial charge in [0.1, 0.15) is 11.5 Å². The highest BCUT2D eigenvalue weighted by Crippen LogP contribution is 2.40. The maximum Gasteiger partial charge on any atom is 0.367 e. The minimum atomic E-state index is -2.82. The molecule has 2 aromatic rings. The van der Waals surface area contributed by atoms with Crippen molar-refractivity contribution in [1.29, 1.82) is 0 Å². The highest BCUT2D eigenvalue weighted by Gasteiger charge is 2.38. The number of nitrogens with one attached hydrogen (secondary N) is 1. The first-order chi connectivity index (χ1) is 16.5. The number of anilines is 1. The van der Waals surface area contributed by atoms with Gasteiger partial charge in [0.2, 0.25) is 5.01 Å². The standard InChI is InChI=1S/C25H34F2N4O3S/c1-7-9-15-11-10-14(3)31(15)23(32)19-20(35-22(29-19)24(33)34-8-2)17-13-28-18(30-25(4,5)6)12-16(17)21(26)27/h12-15,21H,7-11H2,1-6H3,(H,28,30). The zero-order chi connectivity index (χ0) is 25.9. The maximum atomic E-state index is 14.2. The Bertz CT molecular complexity index is 1070. The number of thiazole rings is 1. The number of nitrogens with zero attached hydrogens (tertiary/aromatic N) is 3. The van der Waals surface area contributed by atoms with Crippen LogP contribution < -0.4 is 5.32 Å². The van der Waals surface area contributed by atoms with Gasteiger partial charge in [0.15, 0.2) is 0 Å². The molecule has 3 rings (SSSR count). The molecule has 0 radical (unpaired) electrons. The summed E-state index contributed by atoms with van der Waals surface area (Å²) in [5.74, 6) is -0.738. The highest BCUT2D eigenvalue weighted by molar-refractivity contribution is 7.17. The van der Waals surface area contributed by atoms with Gasteiger partial charge in [-0.15, -0.1) is 11.3 Å². The molecule has 0 saturated carbocycles. The average molecular weight is 509 g/mol. The number of halogens is 2. The highest BCUT2D eigenvalue weighted by atomic mass is 32.1. The van der Waals surface area contributed by atoms with Gasteiger partial charge in [0.05, 0.1) is 11.5 Å². The van der Waals surface area contributed by atoms with E-state index >= 15 is 0 Å². The van der Waals surface area contributed by atoms with Gasteiger partial charge in [0, 0.05) is 34.9 Å². The third kappa shape index (κ3) is 6.15. The number of likely N-dealkylation sites (tertiary alicyclic amines) is 1. The normalized spacial score (nSPS) is 18.3. The molecule has 2 aromatic heterocycles. The Hall–Kier alpha value is -2.62.